The Balaban J connectivity index is 3.20. The molecule has 0 radical (unpaired) electrons. The molecular weight excluding hydrogens is 266 g/mol. The highest BCUT2D eigenvalue weighted by Gasteiger charge is 2.19. The minimum Gasteiger partial charge on any atom is -0.423 e. The van der Waals surface area contributed by atoms with E-state index in [4.69, 9.17) is 9.47 Å². The average molecular weight is 279 g/mol. The first-order valence-electron chi connectivity index (χ1n) is 5.67. The van der Waals surface area contributed by atoms with Crippen molar-refractivity contribution in [3.8, 4) is 11.5 Å². The van der Waals surface area contributed by atoms with E-state index in [2.05, 4.69) is 5.32 Å². The monoisotopic (exact) mass is 279 g/mol. The van der Waals surface area contributed by atoms with Crippen molar-refractivity contribution < 1.29 is 28.7 Å². The summed E-state index contributed by atoms with van der Waals surface area (Å²) >= 11 is 0. The van der Waals surface area contributed by atoms with E-state index >= 15 is 0 Å². The van der Waals surface area contributed by atoms with Crippen LogP contribution in [-0.4, -0.2) is 30.7 Å². The largest absolute Gasteiger partial charge is 0.423 e. The number of amides is 1. The van der Waals surface area contributed by atoms with Crippen molar-refractivity contribution in [2.75, 3.05) is 6.54 Å². The Labute approximate surface area is 114 Å². The van der Waals surface area contributed by atoms with Crippen molar-refractivity contribution >= 4 is 24.1 Å². The molecule has 0 saturated heterocycles. The van der Waals surface area contributed by atoms with Gasteiger partial charge in [-0.05, 0) is 12.1 Å². The van der Waals surface area contributed by atoms with Crippen molar-refractivity contribution in [2.45, 2.75) is 13.8 Å². The van der Waals surface area contributed by atoms with Gasteiger partial charge in [-0.25, -0.2) is 0 Å². The van der Waals surface area contributed by atoms with Gasteiger partial charge in [-0.3, -0.25) is 14.4 Å². The van der Waals surface area contributed by atoms with Gasteiger partial charge in [-0.1, -0.05) is 6.07 Å². The van der Waals surface area contributed by atoms with Crippen molar-refractivity contribution in [1.82, 2.24) is 5.32 Å². The van der Waals surface area contributed by atoms with E-state index in [1.54, 1.807) is 0 Å². The first-order valence-corrected chi connectivity index (χ1v) is 5.67. The molecule has 20 heavy (non-hydrogen) atoms. The molecule has 0 aliphatic rings. The van der Waals surface area contributed by atoms with Crippen LogP contribution in [0.15, 0.2) is 18.2 Å². The number of hydrogen-bond acceptors (Lipinski definition) is 6. The second kappa shape index (κ2) is 7.03. The molecule has 0 aliphatic heterocycles. The number of carbonyl (C=O) groups excluding carboxylic acids is 4. The quantitative estimate of drug-likeness (QED) is 0.478. The van der Waals surface area contributed by atoms with Gasteiger partial charge in [0.25, 0.3) is 5.91 Å². The zero-order chi connectivity index (χ0) is 15.1. The number of rotatable bonds is 5. The van der Waals surface area contributed by atoms with E-state index < -0.39 is 17.8 Å². The lowest BCUT2D eigenvalue weighted by Gasteiger charge is -2.12. The lowest BCUT2D eigenvalue weighted by atomic mass is 10.1. The molecule has 0 aliphatic carbocycles. The summed E-state index contributed by atoms with van der Waals surface area (Å²) < 4.78 is 9.79. The summed E-state index contributed by atoms with van der Waals surface area (Å²) in [6, 6.07) is 4.22. The van der Waals surface area contributed by atoms with Crippen molar-refractivity contribution in [2.24, 2.45) is 0 Å². The third-order valence-electron chi connectivity index (χ3n) is 2.07. The third-order valence-corrected chi connectivity index (χ3v) is 2.07. The second-order valence-corrected chi connectivity index (χ2v) is 3.70. The number of para-hydroxylation sites is 1. The summed E-state index contributed by atoms with van der Waals surface area (Å²) in [5.41, 5.74) is -0.0131. The molecule has 1 N–H and O–H groups in total. The van der Waals surface area contributed by atoms with Gasteiger partial charge in [0.05, 0.1) is 12.1 Å². The highest BCUT2D eigenvalue weighted by atomic mass is 16.6. The summed E-state index contributed by atoms with van der Waals surface area (Å²) in [5, 5.41) is 2.30. The van der Waals surface area contributed by atoms with Gasteiger partial charge >= 0.3 is 11.9 Å². The predicted molar refractivity (Wildman–Crippen MR) is 67.5 cm³/mol. The van der Waals surface area contributed by atoms with Crippen LogP contribution in [0, 0.1) is 0 Å². The number of benzene rings is 1. The molecule has 106 valence electrons. The van der Waals surface area contributed by atoms with Crippen LogP contribution >= 0.6 is 0 Å². The number of esters is 2. The molecule has 0 aromatic heterocycles. The molecule has 0 saturated carbocycles. The Morgan fingerprint density at radius 1 is 1.15 bits per heavy atom. The smallest absolute Gasteiger partial charge is 0.308 e. The highest BCUT2D eigenvalue weighted by Crippen LogP contribution is 2.31. The fourth-order valence-electron chi connectivity index (χ4n) is 1.41. The third kappa shape index (κ3) is 4.20. The van der Waals surface area contributed by atoms with Gasteiger partial charge in [0.15, 0.2) is 11.5 Å². The zero-order valence-corrected chi connectivity index (χ0v) is 11.0. The molecule has 1 aromatic carbocycles. The van der Waals surface area contributed by atoms with E-state index in [9.17, 15) is 19.2 Å². The van der Waals surface area contributed by atoms with Gasteiger partial charge in [-0.15, -0.1) is 0 Å². The normalized spacial score (nSPS) is 9.50. The molecule has 0 heterocycles. The number of ether oxygens (including phenoxy) is 2. The van der Waals surface area contributed by atoms with E-state index in [-0.39, 0.29) is 23.6 Å². The Bertz CT molecular complexity index is 552. The molecular formula is C13H13NO6. The zero-order valence-electron chi connectivity index (χ0n) is 11.0. The molecule has 0 unspecified atom stereocenters. The molecule has 7 heteroatoms. The van der Waals surface area contributed by atoms with E-state index in [0.29, 0.717) is 6.29 Å². The lowest BCUT2D eigenvalue weighted by Crippen LogP contribution is -2.26. The predicted octanol–water partition coefficient (Wildman–Crippen LogP) is 0.466. The van der Waals surface area contributed by atoms with Crippen LogP contribution in [0.4, 0.5) is 0 Å². The summed E-state index contributed by atoms with van der Waals surface area (Å²) in [6.07, 6.45) is 0.513. The van der Waals surface area contributed by atoms with Crippen LogP contribution in [0.5, 0.6) is 11.5 Å². The first kappa shape index (κ1) is 15.4. The molecule has 0 spiro atoms. The van der Waals surface area contributed by atoms with Crippen LogP contribution in [-0.2, 0) is 14.4 Å². The minimum absolute atomic E-state index is 0.0131. The van der Waals surface area contributed by atoms with Gasteiger partial charge in [-0.2, -0.15) is 0 Å². The topological polar surface area (TPSA) is 98.8 Å². The van der Waals surface area contributed by atoms with Crippen molar-refractivity contribution in [1.29, 1.82) is 0 Å². The van der Waals surface area contributed by atoms with Gasteiger partial charge < -0.3 is 19.6 Å². The fourth-order valence-corrected chi connectivity index (χ4v) is 1.41. The molecule has 7 nitrogen and oxygen atoms in total. The number of nitrogens with one attached hydrogen (secondary N) is 1. The second-order valence-electron chi connectivity index (χ2n) is 3.70. The lowest BCUT2D eigenvalue weighted by molar-refractivity contribution is -0.134. The highest BCUT2D eigenvalue weighted by molar-refractivity contribution is 5.99. The summed E-state index contributed by atoms with van der Waals surface area (Å²) in [4.78, 5) is 44.2. The van der Waals surface area contributed by atoms with E-state index in [0.717, 1.165) is 6.92 Å². The van der Waals surface area contributed by atoms with Crippen LogP contribution in [0.3, 0.4) is 0 Å². The Hall–Kier alpha value is -2.70. The fraction of sp³-hybridized carbons (Fsp3) is 0.231. The summed E-state index contributed by atoms with van der Waals surface area (Å²) in [6.45, 7) is 2.14. The molecule has 1 amide bonds. The van der Waals surface area contributed by atoms with Gasteiger partial charge in [0.1, 0.15) is 6.29 Å². The van der Waals surface area contributed by atoms with Gasteiger partial charge in [0, 0.05) is 13.8 Å². The number of hydrogen-bond donors (Lipinski definition) is 1. The Kier molecular flexibility index (Phi) is 5.40. The minimum atomic E-state index is -0.672. The molecule has 1 aromatic rings. The van der Waals surface area contributed by atoms with Crippen LogP contribution in [0.1, 0.15) is 24.2 Å². The maximum Gasteiger partial charge on any atom is 0.308 e. The van der Waals surface area contributed by atoms with Crippen LogP contribution in [0.25, 0.3) is 0 Å². The van der Waals surface area contributed by atoms with Crippen molar-refractivity contribution in [3.05, 3.63) is 23.8 Å². The average Bonchev–Trinajstić information content (AvgIpc) is 2.36. The molecule has 1 rings (SSSR count). The van der Waals surface area contributed by atoms with Gasteiger partial charge in [0.2, 0.25) is 0 Å². The van der Waals surface area contributed by atoms with Crippen LogP contribution in [0.2, 0.25) is 0 Å². The summed E-state index contributed by atoms with van der Waals surface area (Å²) in [7, 11) is 0. The van der Waals surface area contributed by atoms with E-state index in [1.165, 1.54) is 25.1 Å². The van der Waals surface area contributed by atoms with Crippen LogP contribution < -0.4 is 14.8 Å². The maximum atomic E-state index is 11.8. The Morgan fingerprint density at radius 2 is 1.80 bits per heavy atom. The number of carbonyl (C=O) groups is 4. The molecule has 0 atom stereocenters. The molecule has 0 fully saturated rings. The number of aldehydes is 1. The van der Waals surface area contributed by atoms with Crippen molar-refractivity contribution in [3.63, 3.8) is 0 Å². The van der Waals surface area contributed by atoms with E-state index in [1.807, 2.05) is 0 Å². The summed E-state index contributed by atoms with van der Waals surface area (Å²) in [5.74, 6) is -2.13. The standard InChI is InChI=1S/C13H13NO6/c1-8(16)19-11-5-3-4-10(12(11)20-9(2)17)13(18)14-6-7-15/h3-5,7H,6H2,1-2H3,(H,14,18). The Morgan fingerprint density at radius 3 is 2.35 bits per heavy atom. The first-order chi connectivity index (χ1) is 9.45. The maximum absolute atomic E-state index is 11.8. The molecule has 0 bridgehead atoms. The SMILES string of the molecule is CC(=O)Oc1cccc(C(=O)NCC=O)c1OC(C)=O.